The molecule has 0 atom stereocenters. The van der Waals surface area contributed by atoms with Crippen LogP contribution in [0.2, 0.25) is 0 Å². The van der Waals surface area contributed by atoms with E-state index < -0.39 is 0 Å². The van der Waals surface area contributed by atoms with E-state index in [1.54, 1.807) is 7.11 Å². The fourth-order valence-corrected chi connectivity index (χ4v) is 2.87. The van der Waals surface area contributed by atoms with E-state index in [4.69, 9.17) is 9.26 Å². The molecular formula is C21H24N4O3. The number of aryl methyl sites for hydroxylation is 1. The number of hydrogen-bond acceptors (Lipinski definition) is 6. The third-order valence-corrected chi connectivity index (χ3v) is 4.29. The summed E-state index contributed by atoms with van der Waals surface area (Å²) < 4.78 is 10.5. The van der Waals surface area contributed by atoms with Gasteiger partial charge in [0, 0.05) is 11.3 Å². The van der Waals surface area contributed by atoms with Gasteiger partial charge in [-0.3, -0.25) is 9.69 Å². The third kappa shape index (κ3) is 4.95. The molecular weight excluding hydrogens is 356 g/mol. The summed E-state index contributed by atoms with van der Waals surface area (Å²) >= 11 is 0. The molecule has 2 aromatic carbocycles. The molecule has 0 saturated carbocycles. The maximum absolute atomic E-state index is 12.3. The molecule has 0 saturated heterocycles. The molecule has 1 N–H and O–H groups in total. The van der Waals surface area contributed by atoms with Crippen molar-refractivity contribution < 1.29 is 14.1 Å². The number of aromatic nitrogens is 2. The number of rotatable bonds is 8. The van der Waals surface area contributed by atoms with Gasteiger partial charge < -0.3 is 14.6 Å². The van der Waals surface area contributed by atoms with Crippen molar-refractivity contribution in [3.63, 3.8) is 0 Å². The molecule has 0 aliphatic rings. The number of likely N-dealkylation sites (N-methyl/N-ethyl adjacent to an activating group) is 1. The summed E-state index contributed by atoms with van der Waals surface area (Å²) in [7, 11) is 3.44. The molecule has 1 heterocycles. The second-order valence-electron chi connectivity index (χ2n) is 6.47. The second kappa shape index (κ2) is 9.14. The predicted molar refractivity (Wildman–Crippen MR) is 107 cm³/mol. The summed E-state index contributed by atoms with van der Waals surface area (Å²) in [6, 6.07) is 15.3. The Bertz CT molecular complexity index is 939. The molecule has 3 rings (SSSR count). The Labute approximate surface area is 164 Å². The number of nitrogens with one attached hydrogen (secondary N) is 1. The smallest absolute Gasteiger partial charge is 0.241 e. The third-order valence-electron chi connectivity index (χ3n) is 4.29. The molecule has 0 bridgehead atoms. The number of nitrogens with zero attached hydrogens (tertiary/aromatic N) is 3. The minimum Gasteiger partial charge on any atom is -0.497 e. The number of para-hydroxylation sites is 1. The minimum absolute atomic E-state index is 0.0871. The predicted octanol–water partition coefficient (Wildman–Crippen LogP) is 3.38. The Balaban J connectivity index is 1.58. The molecule has 0 unspecified atom stereocenters. The Morgan fingerprint density at radius 3 is 2.82 bits per heavy atom. The van der Waals surface area contributed by atoms with Crippen LogP contribution in [0.4, 0.5) is 5.69 Å². The van der Waals surface area contributed by atoms with Gasteiger partial charge >= 0.3 is 0 Å². The van der Waals surface area contributed by atoms with Gasteiger partial charge in [0.25, 0.3) is 0 Å². The Kier molecular flexibility index (Phi) is 6.39. The van der Waals surface area contributed by atoms with E-state index in [1.807, 2.05) is 60.5 Å². The van der Waals surface area contributed by atoms with Crippen LogP contribution in [0.5, 0.6) is 5.75 Å². The van der Waals surface area contributed by atoms with Crippen LogP contribution in [0.1, 0.15) is 18.4 Å². The maximum atomic E-state index is 12.3. The molecule has 0 aliphatic heterocycles. The number of anilines is 1. The zero-order valence-electron chi connectivity index (χ0n) is 16.3. The van der Waals surface area contributed by atoms with Crippen molar-refractivity contribution in [2.24, 2.45) is 0 Å². The summed E-state index contributed by atoms with van der Waals surface area (Å²) in [4.78, 5) is 18.6. The highest BCUT2D eigenvalue weighted by Gasteiger charge is 2.14. The van der Waals surface area contributed by atoms with E-state index in [0.29, 0.717) is 18.3 Å². The van der Waals surface area contributed by atoms with E-state index in [1.165, 1.54) is 0 Å². The highest BCUT2D eigenvalue weighted by Crippen LogP contribution is 2.21. The lowest BCUT2D eigenvalue weighted by molar-refractivity contribution is -0.117. The lowest BCUT2D eigenvalue weighted by atomic mass is 10.1. The first kappa shape index (κ1) is 19.6. The van der Waals surface area contributed by atoms with Gasteiger partial charge in [0.2, 0.25) is 17.6 Å². The number of benzene rings is 2. The van der Waals surface area contributed by atoms with Gasteiger partial charge in [-0.25, -0.2) is 0 Å². The van der Waals surface area contributed by atoms with Gasteiger partial charge in [-0.05, 0) is 37.2 Å². The maximum Gasteiger partial charge on any atom is 0.241 e. The lowest BCUT2D eigenvalue weighted by Crippen LogP contribution is -2.30. The average Bonchev–Trinajstić information content (AvgIpc) is 3.16. The van der Waals surface area contributed by atoms with Gasteiger partial charge in [-0.15, -0.1) is 0 Å². The molecule has 1 amide bonds. The normalized spacial score (nSPS) is 10.9. The van der Waals surface area contributed by atoms with Gasteiger partial charge in [-0.2, -0.15) is 4.98 Å². The Hall–Kier alpha value is -3.19. The van der Waals surface area contributed by atoms with Gasteiger partial charge in [0.15, 0.2) is 0 Å². The molecule has 0 spiro atoms. The second-order valence-corrected chi connectivity index (χ2v) is 6.47. The number of carbonyl (C=O) groups is 1. The van der Waals surface area contributed by atoms with Crippen molar-refractivity contribution in [1.29, 1.82) is 0 Å². The first-order valence-electron chi connectivity index (χ1n) is 9.12. The topological polar surface area (TPSA) is 80.5 Å². The number of methoxy groups -OCH3 is 1. The van der Waals surface area contributed by atoms with Crippen LogP contribution in [-0.4, -0.2) is 41.6 Å². The zero-order valence-corrected chi connectivity index (χ0v) is 16.3. The summed E-state index contributed by atoms with van der Waals surface area (Å²) in [6.45, 7) is 2.65. The molecule has 146 valence electrons. The average molecular weight is 380 g/mol. The van der Waals surface area contributed by atoms with E-state index in [9.17, 15) is 4.79 Å². The standard InChI is InChI=1S/C21H24N4O3/c1-4-15-8-5-6-11-18(15)22-19(26)13-25(2)14-20-23-21(24-28-20)16-9-7-10-17(12-16)27-3/h5-12H,4,13-14H2,1-3H3,(H,22,26). The van der Waals surface area contributed by atoms with E-state index in [-0.39, 0.29) is 12.5 Å². The van der Waals surface area contributed by atoms with Gasteiger partial charge in [0.05, 0.1) is 20.2 Å². The van der Waals surface area contributed by atoms with E-state index in [0.717, 1.165) is 29.0 Å². The molecule has 0 aliphatic carbocycles. The molecule has 0 radical (unpaired) electrons. The number of ether oxygens (including phenoxy) is 1. The van der Waals surface area contributed by atoms with Crippen molar-refractivity contribution in [3.8, 4) is 17.1 Å². The SMILES string of the molecule is CCc1ccccc1NC(=O)CN(C)Cc1nc(-c2cccc(OC)c2)no1. The highest BCUT2D eigenvalue weighted by molar-refractivity contribution is 5.92. The van der Waals surface area contributed by atoms with Crippen LogP contribution >= 0.6 is 0 Å². The molecule has 7 nitrogen and oxygen atoms in total. The summed E-state index contributed by atoms with van der Waals surface area (Å²) in [5.41, 5.74) is 2.77. The minimum atomic E-state index is -0.0871. The van der Waals surface area contributed by atoms with Crippen LogP contribution in [0.25, 0.3) is 11.4 Å². The Morgan fingerprint density at radius 1 is 1.21 bits per heavy atom. The van der Waals surface area contributed by atoms with Gasteiger partial charge in [-0.1, -0.05) is 42.4 Å². The van der Waals surface area contributed by atoms with E-state index in [2.05, 4.69) is 22.4 Å². The zero-order chi connectivity index (χ0) is 19.9. The number of carbonyl (C=O) groups excluding carboxylic acids is 1. The highest BCUT2D eigenvalue weighted by atomic mass is 16.5. The van der Waals surface area contributed by atoms with Crippen LogP contribution < -0.4 is 10.1 Å². The monoisotopic (exact) mass is 380 g/mol. The first-order valence-corrected chi connectivity index (χ1v) is 9.12. The van der Waals surface area contributed by atoms with Crippen molar-refractivity contribution in [2.45, 2.75) is 19.9 Å². The fourth-order valence-electron chi connectivity index (χ4n) is 2.87. The van der Waals surface area contributed by atoms with Crippen LogP contribution in [-0.2, 0) is 17.8 Å². The number of amides is 1. The lowest BCUT2D eigenvalue weighted by Gasteiger charge is -2.15. The molecule has 1 aromatic heterocycles. The van der Waals surface area contributed by atoms with Crippen LogP contribution in [0.3, 0.4) is 0 Å². The summed E-state index contributed by atoms with van der Waals surface area (Å²) in [6.07, 6.45) is 0.862. The van der Waals surface area contributed by atoms with Crippen LogP contribution in [0.15, 0.2) is 53.1 Å². The van der Waals surface area contributed by atoms with E-state index >= 15 is 0 Å². The van der Waals surface area contributed by atoms with Gasteiger partial charge in [0.1, 0.15) is 5.75 Å². The Morgan fingerprint density at radius 2 is 2.04 bits per heavy atom. The van der Waals surface area contributed by atoms with Crippen molar-refractivity contribution in [2.75, 3.05) is 26.0 Å². The molecule has 3 aromatic rings. The molecule has 28 heavy (non-hydrogen) atoms. The fraction of sp³-hybridized carbons (Fsp3) is 0.286. The van der Waals surface area contributed by atoms with Crippen molar-refractivity contribution in [1.82, 2.24) is 15.0 Å². The molecule has 7 heteroatoms. The quantitative estimate of drug-likeness (QED) is 0.645. The summed E-state index contributed by atoms with van der Waals surface area (Å²) in [5, 5.41) is 6.98. The van der Waals surface area contributed by atoms with Crippen molar-refractivity contribution in [3.05, 3.63) is 60.0 Å². The first-order chi connectivity index (χ1) is 13.6. The van der Waals surface area contributed by atoms with Crippen LogP contribution in [0, 0.1) is 0 Å². The molecule has 0 fully saturated rings. The number of hydrogen-bond donors (Lipinski definition) is 1. The van der Waals surface area contributed by atoms with Crippen molar-refractivity contribution >= 4 is 11.6 Å². The summed E-state index contributed by atoms with van der Waals surface area (Å²) in [5.74, 6) is 1.58. The largest absolute Gasteiger partial charge is 0.497 e.